The normalized spacial score (nSPS) is 14.9. The van der Waals surface area contributed by atoms with Crippen LogP contribution in [0.15, 0.2) is 35.4 Å². The van der Waals surface area contributed by atoms with Gasteiger partial charge >= 0.3 is 0 Å². The number of sulfone groups is 1. The monoisotopic (exact) mass is 403 g/mol. The molecule has 0 bridgehead atoms. The smallest absolute Gasteiger partial charge is 0.216 e. The van der Waals surface area contributed by atoms with E-state index in [9.17, 15) is 8.42 Å². The molecule has 0 fully saturated rings. The van der Waals surface area contributed by atoms with Crippen molar-refractivity contribution in [3.63, 3.8) is 0 Å². The molecule has 1 aromatic carbocycles. The van der Waals surface area contributed by atoms with Crippen LogP contribution < -0.4 is 4.74 Å². The van der Waals surface area contributed by atoms with E-state index in [0.29, 0.717) is 11.7 Å². The summed E-state index contributed by atoms with van der Waals surface area (Å²) in [4.78, 5) is 4.84. The molecule has 1 aliphatic heterocycles. The maximum atomic E-state index is 12.4. The van der Waals surface area contributed by atoms with Crippen LogP contribution in [0.5, 0.6) is 5.75 Å². The SMILES string of the molecule is CC.CCCC(C)(C)c1cc2c(cc1-c1cc(C(C)C)ccn1)S(=O)(=O)CO2. The third-order valence-corrected chi connectivity index (χ3v) is 6.54. The van der Waals surface area contributed by atoms with Crippen LogP contribution in [0, 0.1) is 0 Å². The number of pyridine rings is 1. The zero-order valence-electron chi connectivity index (χ0n) is 18.2. The fraction of sp³-hybridized carbons (Fsp3) is 0.522. The van der Waals surface area contributed by atoms with Crippen LogP contribution in [-0.4, -0.2) is 19.3 Å². The Labute approximate surface area is 170 Å². The van der Waals surface area contributed by atoms with Crippen LogP contribution >= 0.6 is 0 Å². The molecular formula is C23H33NO3S. The van der Waals surface area contributed by atoms with E-state index in [4.69, 9.17) is 4.74 Å². The molecule has 0 aliphatic carbocycles. The standard InChI is InChI=1S/C21H27NO3S.C2H6/c1-6-8-21(4,5)17-12-19-20(26(23,24)13-25-19)11-16(17)18-10-15(14(2)3)7-9-22-18;1-2/h7,9-12,14H,6,8,13H2,1-5H3;1-2H3. The average Bonchev–Trinajstić information content (AvgIpc) is 2.97. The predicted octanol–water partition coefficient (Wildman–Crippen LogP) is 6.10. The van der Waals surface area contributed by atoms with Crippen molar-refractivity contribution in [2.75, 3.05) is 5.94 Å². The lowest BCUT2D eigenvalue weighted by molar-refractivity contribution is 0.386. The second kappa shape index (κ2) is 8.64. The summed E-state index contributed by atoms with van der Waals surface area (Å²) in [6.07, 6.45) is 3.84. The van der Waals surface area contributed by atoms with Gasteiger partial charge in [-0.1, -0.05) is 54.9 Å². The van der Waals surface area contributed by atoms with Crippen LogP contribution in [0.4, 0.5) is 0 Å². The zero-order valence-corrected chi connectivity index (χ0v) is 19.0. The topological polar surface area (TPSA) is 56.3 Å². The number of fused-ring (bicyclic) bond motifs is 1. The summed E-state index contributed by atoms with van der Waals surface area (Å²) in [6.45, 7) is 14.8. The van der Waals surface area contributed by atoms with Crippen molar-refractivity contribution in [2.45, 2.75) is 77.5 Å². The molecular weight excluding hydrogens is 370 g/mol. The summed E-state index contributed by atoms with van der Waals surface area (Å²) in [5.74, 6) is 0.567. The molecule has 5 heteroatoms. The van der Waals surface area contributed by atoms with Gasteiger partial charge in [-0.3, -0.25) is 4.98 Å². The van der Waals surface area contributed by atoms with Crippen molar-refractivity contribution < 1.29 is 13.2 Å². The van der Waals surface area contributed by atoms with E-state index in [-0.39, 0.29) is 16.2 Å². The number of aromatic nitrogens is 1. The fourth-order valence-corrected chi connectivity index (χ4v) is 4.74. The van der Waals surface area contributed by atoms with E-state index in [1.807, 2.05) is 26.0 Å². The van der Waals surface area contributed by atoms with Crippen molar-refractivity contribution >= 4 is 9.84 Å². The number of rotatable bonds is 5. The Hall–Kier alpha value is -1.88. The number of ether oxygens (including phenoxy) is 1. The van der Waals surface area contributed by atoms with Gasteiger partial charge in [0.25, 0.3) is 0 Å². The largest absolute Gasteiger partial charge is 0.476 e. The molecule has 154 valence electrons. The van der Waals surface area contributed by atoms with Crippen molar-refractivity contribution in [2.24, 2.45) is 0 Å². The number of hydrogen-bond acceptors (Lipinski definition) is 4. The Morgan fingerprint density at radius 1 is 1.18 bits per heavy atom. The van der Waals surface area contributed by atoms with Gasteiger partial charge < -0.3 is 4.74 Å². The van der Waals surface area contributed by atoms with E-state index in [0.717, 1.165) is 29.7 Å². The molecule has 0 radical (unpaired) electrons. The van der Waals surface area contributed by atoms with Gasteiger partial charge in [0.05, 0.1) is 5.69 Å². The molecule has 2 heterocycles. The molecule has 2 aromatic rings. The lowest BCUT2D eigenvalue weighted by atomic mass is 9.77. The molecule has 1 aromatic heterocycles. The first-order valence-corrected chi connectivity index (χ1v) is 11.8. The van der Waals surface area contributed by atoms with Crippen LogP contribution in [0.1, 0.15) is 78.4 Å². The van der Waals surface area contributed by atoms with Gasteiger partial charge in [-0.2, -0.15) is 0 Å². The maximum absolute atomic E-state index is 12.4. The summed E-state index contributed by atoms with van der Waals surface area (Å²) >= 11 is 0. The third kappa shape index (κ3) is 4.40. The molecule has 3 rings (SSSR count). The number of hydrogen-bond donors (Lipinski definition) is 0. The molecule has 0 atom stereocenters. The van der Waals surface area contributed by atoms with E-state index in [1.165, 1.54) is 5.56 Å². The summed E-state index contributed by atoms with van der Waals surface area (Å²) in [5, 5.41) is 0. The van der Waals surface area contributed by atoms with E-state index >= 15 is 0 Å². The van der Waals surface area contributed by atoms with Crippen LogP contribution in [0.25, 0.3) is 11.3 Å². The van der Waals surface area contributed by atoms with Gasteiger partial charge in [0.15, 0.2) is 5.94 Å². The fourth-order valence-electron chi connectivity index (χ4n) is 3.61. The Kier molecular flexibility index (Phi) is 6.92. The number of benzene rings is 1. The molecule has 0 spiro atoms. The third-order valence-electron chi connectivity index (χ3n) is 5.12. The van der Waals surface area contributed by atoms with Crippen molar-refractivity contribution in [3.8, 4) is 17.0 Å². The van der Waals surface area contributed by atoms with Crippen LogP contribution in [0.3, 0.4) is 0 Å². The molecule has 0 saturated heterocycles. The summed E-state index contributed by atoms with van der Waals surface area (Å²) in [5.41, 5.74) is 3.88. The molecule has 1 aliphatic rings. The lowest BCUT2D eigenvalue weighted by Gasteiger charge is -2.28. The molecule has 0 amide bonds. The molecule has 0 unspecified atom stereocenters. The highest BCUT2D eigenvalue weighted by molar-refractivity contribution is 7.91. The van der Waals surface area contributed by atoms with Gasteiger partial charge in [-0.25, -0.2) is 8.42 Å². The second-order valence-electron chi connectivity index (χ2n) is 7.98. The highest BCUT2D eigenvalue weighted by atomic mass is 32.2. The predicted molar refractivity (Wildman–Crippen MR) is 116 cm³/mol. The first kappa shape index (κ1) is 22.4. The zero-order chi connectivity index (χ0) is 21.1. The first-order chi connectivity index (χ1) is 13.2. The Balaban J connectivity index is 0.00000136. The van der Waals surface area contributed by atoms with Crippen molar-refractivity contribution in [1.29, 1.82) is 0 Å². The second-order valence-corrected chi connectivity index (χ2v) is 9.89. The van der Waals surface area contributed by atoms with Crippen LogP contribution in [-0.2, 0) is 15.3 Å². The van der Waals surface area contributed by atoms with E-state index in [2.05, 4.69) is 45.7 Å². The Morgan fingerprint density at radius 2 is 1.86 bits per heavy atom. The maximum Gasteiger partial charge on any atom is 0.216 e. The molecule has 0 saturated carbocycles. The minimum atomic E-state index is -3.39. The minimum absolute atomic E-state index is 0.107. The van der Waals surface area contributed by atoms with Gasteiger partial charge in [-0.15, -0.1) is 0 Å². The lowest BCUT2D eigenvalue weighted by Crippen LogP contribution is -2.18. The average molecular weight is 404 g/mol. The molecule has 28 heavy (non-hydrogen) atoms. The van der Waals surface area contributed by atoms with Gasteiger partial charge in [0.1, 0.15) is 10.6 Å². The first-order valence-electron chi connectivity index (χ1n) is 10.2. The van der Waals surface area contributed by atoms with Crippen LogP contribution in [0.2, 0.25) is 0 Å². The molecule has 4 nitrogen and oxygen atoms in total. The van der Waals surface area contributed by atoms with E-state index < -0.39 is 9.84 Å². The Morgan fingerprint density at radius 3 is 2.46 bits per heavy atom. The van der Waals surface area contributed by atoms with Crippen molar-refractivity contribution in [3.05, 3.63) is 41.6 Å². The van der Waals surface area contributed by atoms with E-state index in [1.54, 1.807) is 12.3 Å². The highest BCUT2D eigenvalue weighted by Gasteiger charge is 2.33. The Bertz CT molecular complexity index is 931. The quantitative estimate of drug-likeness (QED) is 0.605. The number of nitrogens with zero attached hydrogens (tertiary/aromatic N) is 1. The summed E-state index contributed by atoms with van der Waals surface area (Å²) in [7, 11) is -3.39. The molecule has 0 N–H and O–H groups in total. The van der Waals surface area contributed by atoms with Gasteiger partial charge in [0.2, 0.25) is 9.84 Å². The van der Waals surface area contributed by atoms with Crippen molar-refractivity contribution in [1.82, 2.24) is 4.98 Å². The van der Waals surface area contributed by atoms with Gasteiger partial charge in [0, 0.05) is 11.8 Å². The summed E-state index contributed by atoms with van der Waals surface area (Å²) in [6, 6.07) is 7.75. The van der Waals surface area contributed by atoms with Gasteiger partial charge in [-0.05, 0) is 53.1 Å². The highest BCUT2D eigenvalue weighted by Crippen LogP contribution is 2.43. The minimum Gasteiger partial charge on any atom is -0.476 e. The summed E-state index contributed by atoms with van der Waals surface area (Å²) < 4.78 is 30.2.